The third kappa shape index (κ3) is 2.64. The Balaban J connectivity index is 3.62. The molecule has 0 heterocycles. The highest BCUT2D eigenvalue weighted by atomic mass is 31.1. The van der Waals surface area contributed by atoms with Crippen LogP contribution in [0.5, 0.6) is 0 Å². The molecule has 0 aromatic rings. The second-order valence-corrected chi connectivity index (χ2v) is 6.03. The van der Waals surface area contributed by atoms with E-state index in [1.165, 1.54) is 0 Å². The van der Waals surface area contributed by atoms with Crippen LogP contribution >= 0.6 is 7.92 Å². The van der Waals surface area contributed by atoms with Crippen LogP contribution in [0.2, 0.25) is 0 Å². The summed E-state index contributed by atoms with van der Waals surface area (Å²) in [6.07, 6.45) is 0.360. The molecule has 0 saturated heterocycles. The molecular formula is C6H15OP. The highest BCUT2D eigenvalue weighted by Crippen LogP contribution is 2.44. The minimum atomic E-state index is -0.164. The summed E-state index contributed by atoms with van der Waals surface area (Å²) < 4.78 is 0. The third-order valence-electron chi connectivity index (χ3n) is 1.36. The molecule has 0 aromatic carbocycles. The van der Waals surface area contributed by atoms with Crippen molar-refractivity contribution in [1.82, 2.24) is 0 Å². The van der Waals surface area contributed by atoms with Crippen molar-refractivity contribution in [2.75, 3.05) is 13.0 Å². The summed E-state index contributed by atoms with van der Waals surface area (Å²) in [5, 5.41) is 9.02. The molecule has 8 heavy (non-hydrogen) atoms. The van der Waals surface area contributed by atoms with E-state index in [1.54, 1.807) is 0 Å². The summed E-state index contributed by atoms with van der Waals surface area (Å²) in [6, 6.07) is 0. The average molecular weight is 134 g/mol. The fourth-order valence-corrected chi connectivity index (χ4v) is 0.636. The lowest BCUT2D eigenvalue weighted by Crippen LogP contribution is -2.11. The van der Waals surface area contributed by atoms with Crippen LogP contribution in [-0.4, -0.2) is 23.3 Å². The van der Waals surface area contributed by atoms with Gasteiger partial charge in [-0.05, 0) is 11.8 Å². The first-order valence-electron chi connectivity index (χ1n) is 2.80. The van der Waals surface area contributed by atoms with Crippen molar-refractivity contribution < 1.29 is 5.11 Å². The van der Waals surface area contributed by atoms with Crippen molar-refractivity contribution in [2.24, 2.45) is 0 Å². The highest BCUT2D eigenvalue weighted by Gasteiger charge is 2.17. The smallest absolute Gasteiger partial charge is 0.0626 e. The van der Waals surface area contributed by atoms with Gasteiger partial charge in [0.1, 0.15) is 0 Å². The Kier molecular flexibility index (Phi) is 2.93. The molecule has 1 N–H and O–H groups in total. The Morgan fingerprint density at radius 1 is 1.38 bits per heavy atom. The van der Waals surface area contributed by atoms with Crippen molar-refractivity contribution >= 4 is 7.92 Å². The lowest BCUT2D eigenvalue weighted by molar-refractivity contribution is 0.367. The van der Waals surface area contributed by atoms with E-state index in [-0.39, 0.29) is 7.92 Å². The quantitative estimate of drug-likeness (QED) is 0.542. The van der Waals surface area contributed by atoms with Crippen LogP contribution in [0.3, 0.4) is 0 Å². The summed E-state index contributed by atoms with van der Waals surface area (Å²) in [5.41, 5.74) is 0. The van der Waals surface area contributed by atoms with Gasteiger partial charge in [-0.3, -0.25) is 0 Å². The SMILES string of the molecule is CP(CO)C(C)(C)C. The third-order valence-corrected chi connectivity index (χ3v) is 4.07. The van der Waals surface area contributed by atoms with Crippen LogP contribution in [0.1, 0.15) is 20.8 Å². The fraction of sp³-hybridized carbons (Fsp3) is 1.00. The summed E-state index contributed by atoms with van der Waals surface area (Å²) in [4.78, 5) is 0. The van der Waals surface area contributed by atoms with Crippen molar-refractivity contribution in [1.29, 1.82) is 0 Å². The minimum Gasteiger partial charge on any atom is -0.392 e. The minimum absolute atomic E-state index is 0.164. The standard InChI is InChI=1S/C6H15OP/c1-6(2,3)8(4)5-7/h7H,5H2,1-4H3. The fourth-order valence-electron chi connectivity index (χ4n) is 0.212. The summed E-state index contributed by atoms with van der Waals surface area (Å²) >= 11 is 0. The van der Waals surface area contributed by atoms with Crippen molar-refractivity contribution in [3.8, 4) is 0 Å². The molecule has 1 atom stereocenters. The molecule has 0 aliphatic carbocycles. The molecule has 0 spiro atoms. The van der Waals surface area contributed by atoms with Gasteiger partial charge < -0.3 is 5.11 Å². The topological polar surface area (TPSA) is 20.2 Å². The van der Waals surface area contributed by atoms with E-state index >= 15 is 0 Å². The van der Waals surface area contributed by atoms with E-state index in [0.29, 0.717) is 11.5 Å². The largest absolute Gasteiger partial charge is 0.392 e. The van der Waals surface area contributed by atoms with Crippen LogP contribution in [0.15, 0.2) is 0 Å². The Morgan fingerprint density at radius 3 is 1.75 bits per heavy atom. The van der Waals surface area contributed by atoms with E-state index in [9.17, 15) is 0 Å². The predicted octanol–water partition coefficient (Wildman–Crippen LogP) is 1.85. The zero-order valence-electron chi connectivity index (χ0n) is 6.10. The van der Waals surface area contributed by atoms with E-state index in [1.807, 2.05) is 0 Å². The normalized spacial score (nSPS) is 16.1. The molecule has 0 radical (unpaired) electrons. The number of hydrogen-bond donors (Lipinski definition) is 1. The van der Waals surface area contributed by atoms with Gasteiger partial charge >= 0.3 is 0 Å². The Bertz CT molecular complexity index is 65.4. The van der Waals surface area contributed by atoms with Crippen LogP contribution in [-0.2, 0) is 0 Å². The van der Waals surface area contributed by atoms with E-state index < -0.39 is 0 Å². The second kappa shape index (κ2) is 2.80. The molecule has 0 aliphatic heterocycles. The molecule has 0 aromatic heterocycles. The maximum atomic E-state index is 8.70. The van der Waals surface area contributed by atoms with Gasteiger partial charge in [-0.25, -0.2) is 0 Å². The molecule has 0 bridgehead atoms. The zero-order valence-corrected chi connectivity index (χ0v) is 7.00. The molecular weight excluding hydrogens is 119 g/mol. The molecule has 2 heteroatoms. The van der Waals surface area contributed by atoms with Gasteiger partial charge in [-0.15, -0.1) is 0 Å². The van der Waals surface area contributed by atoms with Gasteiger partial charge in [0.05, 0.1) is 6.35 Å². The molecule has 0 aliphatic rings. The molecule has 0 rings (SSSR count). The lowest BCUT2D eigenvalue weighted by Gasteiger charge is -2.25. The number of aliphatic hydroxyl groups excluding tert-OH is 1. The van der Waals surface area contributed by atoms with E-state index in [0.717, 1.165) is 0 Å². The maximum Gasteiger partial charge on any atom is 0.0626 e. The first-order chi connectivity index (χ1) is 3.48. The summed E-state index contributed by atoms with van der Waals surface area (Å²) in [5.74, 6) is 0. The number of aliphatic hydroxyl groups is 1. The molecule has 50 valence electrons. The van der Waals surface area contributed by atoms with Crippen molar-refractivity contribution in [2.45, 2.75) is 25.9 Å². The predicted molar refractivity (Wildman–Crippen MR) is 39.7 cm³/mol. The number of hydrogen-bond acceptors (Lipinski definition) is 1. The lowest BCUT2D eigenvalue weighted by atomic mass is 10.3. The molecule has 1 nitrogen and oxygen atoms in total. The summed E-state index contributed by atoms with van der Waals surface area (Å²) in [7, 11) is -0.164. The average Bonchev–Trinajstić information content (AvgIpc) is 1.62. The van der Waals surface area contributed by atoms with Gasteiger partial charge in [-0.2, -0.15) is 0 Å². The maximum absolute atomic E-state index is 8.70. The zero-order chi connectivity index (χ0) is 6.78. The molecule has 0 amide bonds. The van der Waals surface area contributed by atoms with Crippen LogP contribution < -0.4 is 0 Å². The van der Waals surface area contributed by atoms with Crippen LogP contribution in [0.4, 0.5) is 0 Å². The van der Waals surface area contributed by atoms with Gasteiger partial charge in [0, 0.05) is 0 Å². The first kappa shape index (κ1) is 8.39. The summed E-state index contributed by atoms with van der Waals surface area (Å²) in [6.45, 7) is 8.61. The van der Waals surface area contributed by atoms with Crippen molar-refractivity contribution in [3.05, 3.63) is 0 Å². The van der Waals surface area contributed by atoms with Gasteiger partial charge in [0.2, 0.25) is 0 Å². The highest BCUT2D eigenvalue weighted by molar-refractivity contribution is 7.58. The van der Waals surface area contributed by atoms with Crippen LogP contribution in [0.25, 0.3) is 0 Å². The number of rotatable bonds is 1. The second-order valence-electron chi connectivity index (χ2n) is 3.01. The first-order valence-corrected chi connectivity index (χ1v) is 4.78. The van der Waals surface area contributed by atoms with Crippen LogP contribution in [0, 0.1) is 0 Å². The van der Waals surface area contributed by atoms with E-state index in [4.69, 9.17) is 5.11 Å². The van der Waals surface area contributed by atoms with E-state index in [2.05, 4.69) is 27.4 Å². The van der Waals surface area contributed by atoms with Crippen molar-refractivity contribution in [3.63, 3.8) is 0 Å². The van der Waals surface area contributed by atoms with Gasteiger partial charge in [0.15, 0.2) is 0 Å². The Morgan fingerprint density at radius 2 is 1.75 bits per heavy atom. The molecule has 0 fully saturated rings. The monoisotopic (exact) mass is 134 g/mol. The van der Waals surface area contributed by atoms with Gasteiger partial charge in [0.25, 0.3) is 0 Å². The van der Waals surface area contributed by atoms with Gasteiger partial charge in [-0.1, -0.05) is 28.7 Å². The Hall–Kier alpha value is 0.390. The molecule has 1 unspecified atom stereocenters. The Labute approximate surface area is 52.9 Å². The molecule has 0 saturated carbocycles.